The summed E-state index contributed by atoms with van der Waals surface area (Å²) in [5, 5.41) is 3.88. The summed E-state index contributed by atoms with van der Waals surface area (Å²) in [6, 6.07) is 11.0. The molecule has 3 aromatic rings. The summed E-state index contributed by atoms with van der Waals surface area (Å²) in [5.74, 6) is 0.863. The van der Waals surface area contributed by atoms with Crippen molar-refractivity contribution < 1.29 is 8.94 Å². The fourth-order valence-electron chi connectivity index (χ4n) is 1.67. The Morgan fingerprint density at radius 2 is 1.94 bits per heavy atom. The van der Waals surface area contributed by atoms with Crippen molar-refractivity contribution in [3.63, 3.8) is 0 Å². The first kappa shape index (κ1) is 10.7. The van der Waals surface area contributed by atoms with Crippen LogP contribution in [0.3, 0.4) is 0 Å². The van der Waals surface area contributed by atoms with Crippen molar-refractivity contribution in [2.24, 2.45) is 5.73 Å². The van der Waals surface area contributed by atoms with Crippen molar-refractivity contribution in [3.05, 3.63) is 60.4 Å². The zero-order valence-corrected chi connectivity index (χ0v) is 9.48. The van der Waals surface area contributed by atoms with E-state index in [1.54, 1.807) is 18.6 Å². The molecular weight excluding hydrogens is 230 g/mol. The highest BCUT2D eigenvalue weighted by Crippen LogP contribution is 2.21. The van der Waals surface area contributed by atoms with Gasteiger partial charge in [0.2, 0.25) is 11.7 Å². The Bertz CT molecular complexity index is 617. The summed E-state index contributed by atoms with van der Waals surface area (Å²) in [6.07, 6.45) is 3.12. The molecule has 18 heavy (non-hydrogen) atoms. The lowest BCUT2D eigenvalue weighted by Crippen LogP contribution is -2.11. The Hall–Kier alpha value is -2.40. The lowest BCUT2D eigenvalue weighted by Gasteiger charge is -2.05. The first-order valence-electron chi connectivity index (χ1n) is 5.51. The fraction of sp³-hybridized carbons (Fsp3) is 0.0769. The quantitative estimate of drug-likeness (QED) is 0.761. The van der Waals surface area contributed by atoms with Gasteiger partial charge < -0.3 is 14.7 Å². The van der Waals surface area contributed by atoms with E-state index in [-0.39, 0.29) is 0 Å². The molecule has 1 unspecified atom stereocenters. The second-order valence-electron chi connectivity index (χ2n) is 3.86. The third kappa shape index (κ3) is 1.91. The van der Waals surface area contributed by atoms with Crippen molar-refractivity contribution in [2.45, 2.75) is 6.04 Å². The third-order valence-corrected chi connectivity index (χ3v) is 2.65. The number of hydrogen-bond acceptors (Lipinski definition) is 5. The number of rotatable bonds is 3. The van der Waals surface area contributed by atoms with E-state index in [1.165, 1.54) is 0 Å². The van der Waals surface area contributed by atoms with Crippen LogP contribution in [0, 0.1) is 0 Å². The standard InChI is InChI=1S/C13H11N3O2/c14-11(9-4-2-1-3-5-9)13-15-12(16-18-13)10-6-7-17-8-10/h1-8,11H,14H2. The van der Waals surface area contributed by atoms with E-state index in [0.717, 1.165) is 11.1 Å². The molecule has 0 bridgehead atoms. The van der Waals surface area contributed by atoms with Crippen LogP contribution >= 0.6 is 0 Å². The molecule has 0 radical (unpaired) electrons. The van der Waals surface area contributed by atoms with Crippen molar-refractivity contribution in [1.82, 2.24) is 10.1 Å². The summed E-state index contributed by atoms with van der Waals surface area (Å²) in [4.78, 5) is 4.27. The Kier molecular flexibility index (Phi) is 2.66. The molecule has 0 saturated carbocycles. The van der Waals surface area contributed by atoms with Gasteiger partial charge in [-0.3, -0.25) is 0 Å². The van der Waals surface area contributed by atoms with Gasteiger partial charge in [-0.2, -0.15) is 4.98 Å². The molecule has 1 aromatic carbocycles. The van der Waals surface area contributed by atoms with Gasteiger partial charge in [-0.15, -0.1) is 0 Å². The average molecular weight is 241 g/mol. The molecule has 0 saturated heterocycles. The third-order valence-electron chi connectivity index (χ3n) is 2.65. The largest absolute Gasteiger partial charge is 0.472 e. The van der Waals surface area contributed by atoms with Gasteiger partial charge in [0.1, 0.15) is 12.3 Å². The zero-order chi connectivity index (χ0) is 12.4. The highest BCUT2D eigenvalue weighted by atomic mass is 16.5. The number of hydrogen-bond donors (Lipinski definition) is 1. The van der Waals surface area contributed by atoms with Crippen LogP contribution < -0.4 is 5.73 Å². The topological polar surface area (TPSA) is 78.1 Å². The minimum absolute atomic E-state index is 0.386. The predicted molar refractivity (Wildman–Crippen MR) is 64.5 cm³/mol. The van der Waals surface area contributed by atoms with Crippen LogP contribution in [-0.2, 0) is 0 Å². The lowest BCUT2D eigenvalue weighted by molar-refractivity contribution is 0.367. The molecule has 0 amide bonds. The molecule has 0 aliphatic carbocycles. The van der Waals surface area contributed by atoms with Crippen molar-refractivity contribution in [1.29, 1.82) is 0 Å². The first-order valence-corrected chi connectivity index (χ1v) is 5.51. The SMILES string of the molecule is NC(c1ccccc1)c1nc(-c2ccoc2)no1. The van der Waals surface area contributed by atoms with Crippen molar-refractivity contribution >= 4 is 0 Å². The Morgan fingerprint density at radius 1 is 1.11 bits per heavy atom. The Labute approximate surface area is 103 Å². The lowest BCUT2D eigenvalue weighted by atomic mass is 10.1. The number of nitrogens with zero attached hydrogens (tertiary/aromatic N) is 2. The molecule has 0 spiro atoms. The van der Waals surface area contributed by atoms with Crippen LogP contribution in [0.25, 0.3) is 11.4 Å². The second kappa shape index (κ2) is 4.46. The summed E-state index contributed by atoms with van der Waals surface area (Å²) >= 11 is 0. The van der Waals surface area contributed by atoms with Crippen LogP contribution in [0.2, 0.25) is 0 Å². The van der Waals surface area contributed by atoms with Crippen molar-refractivity contribution in [3.8, 4) is 11.4 Å². The maximum Gasteiger partial charge on any atom is 0.248 e. The van der Waals surface area contributed by atoms with Crippen LogP contribution in [0.1, 0.15) is 17.5 Å². The Morgan fingerprint density at radius 3 is 2.67 bits per heavy atom. The molecule has 0 aliphatic heterocycles. The highest BCUT2D eigenvalue weighted by Gasteiger charge is 2.17. The summed E-state index contributed by atoms with van der Waals surface area (Å²) < 4.78 is 10.1. The molecule has 2 aromatic heterocycles. The van der Waals surface area contributed by atoms with E-state index in [2.05, 4.69) is 10.1 Å². The summed E-state index contributed by atoms with van der Waals surface area (Å²) in [6.45, 7) is 0. The molecule has 0 fully saturated rings. The molecule has 3 rings (SSSR count). The monoisotopic (exact) mass is 241 g/mol. The molecule has 5 nitrogen and oxygen atoms in total. The van der Waals surface area contributed by atoms with Gasteiger partial charge in [0, 0.05) is 0 Å². The average Bonchev–Trinajstić information content (AvgIpc) is 3.09. The normalized spacial score (nSPS) is 12.5. The fourth-order valence-corrected chi connectivity index (χ4v) is 1.67. The summed E-state index contributed by atoms with van der Waals surface area (Å²) in [7, 11) is 0. The van der Waals surface area contributed by atoms with Crippen LogP contribution in [0.5, 0.6) is 0 Å². The van der Waals surface area contributed by atoms with Crippen molar-refractivity contribution in [2.75, 3.05) is 0 Å². The van der Waals surface area contributed by atoms with E-state index < -0.39 is 6.04 Å². The predicted octanol–water partition coefficient (Wildman–Crippen LogP) is 2.38. The van der Waals surface area contributed by atoms with Gasteiger partial charge in [-0.1, -0.05) is 35.5 Å². The number of furan rings is 1. The van der Waals surface area contributed by atoms with Crippen LogP contribution in [0.4, 0.5) is 0 Å². The number of aromatic nitrogens is 2. The first-order chi connectivity index (χ1) is 8.84. The van der Waals surface area contributed by atoms with Crippen LogP contribution in [-0.4, -0.2) is 10.1 Å². The molecule has 0 aliphatic rings. The smallest absolute Gasteiger partial charge is 0.248 e. The second-order valence-corrected chi connectivity index (χ2v) is 3.86. The van der Waals surface area contributed by atoms with Gasteiger partial charge >= 0.3 is 0 Å². The molecule has 5 heteroatoms. The minimum Gasteiger partial charge on any atom is -0.472 e. The Balaban J connectivity index is 1.90. The molecule has 2 heterocycles. The summed E-state index contributed by atoms with van der Waals surface area (Å²) in [5.41, 5.74) is 7.76. The number of nitrogens with two attached hydrogens (primary N) is 1. The van der Waals surface area contributed by atoms with E-state index in [9.17, 15) is 0 Å². The van der Waals surface area contributed by atoms with Gasteiger partial charge in [-0.05, 0) is 11.6 Å². The maximum absolute atomic E-state index is 6.06. The molecule has 2 N–H and O–H groups in total. The van der Waals surface area contributed by atoms with Gasteiger partial charge in [-0.25, -0.2) is 0 Å². The van der Waals surface area contributed by atoms with E-state index in [1.807, 2.05) is 30.3 Å². The molecular formula is C13H11N3O2. The van der Waals surface area contributed by atoms with Gasteiger partial charge in [0.25, 0.3) is 0 Å². The van der Waals surface area contributed by atoms with Gasteiger partial charge in [0.15, 0.2) is 0 Å². The zero-order valence-electron chi connectivity index (χ0n) is 9.48. The van der Waals surface area contributed by atoms with E-state index in [0.29, 0.717) is 11.7 Å². The maximum atomic E-state index is 6.06. The van der Waals surface area contributed by atoms with E-state index in [4.69, 9.17) is 14.7 Å². The minimum atomic E-state index is -0.417. The van der Waals surface area contributed by atoms with Crippen LogP contribution in [0.15, 0.2) is 57.9 Å². The highest BCUT2D eigenvalue weighted by molar-refractivity contribution is 5.51. The number of benzene rings is 1. The molecule has 90 valence electrons. The van der Waals surface area contributed by atoms with Gasteiger partial charge in [0.05, 0.1) is 11.8 Å². The molecule has 1 atom stereocenters. The van der Waals surface area contributed by atoms with E-state index >= 15 is 0 Å².